The highest BCUT2D eigenvalue weighted by Crippen LogP contribution is 2.37. The summed E-state index contributed by atoms with van der Waals surface area (Å²) in [5.74, 6) is 0.569. The number of rotatable bonds is 4. The smallest absolute Gasteiger partial charge is 0.238 e. The third-order valence-electron chi connectivity index (χ3n) is 5.17. The summed E-state index contributed by atoms with van der Waals surface area (Å²) in [4.78, 5) is 18.0. The quantitative estimate of drug-likeness (QED) is 0.818. The van der Waals surface area contributed by atoms with Gasteiger partial charge in [-0.05, 0) is 44.4 Å². The third kappa shape index (κ3) is 3.27. The molecule has 0 aromatic heterocycles. The molecular weight excluding hydrogens is 336 g/mol. The summed E-state index contributed by atoms with van der Waals surface area (Å²) in [6.07, 6.45) is 5.79. The lowest BCUT2D eigenvalue weighted by atomic mass is 9.79. The van der Waals surface area contributed by atoms with Crippen LogP contribution in [0.2, 0.25) is 0 Å². The van der Waals surface area contributed by atoms with Crippen molar-refractivity contribution in [3.8, 4) is 0 Å². The van der Waals surface area contributed by atoms with Crippen LogP contribution in [-0.2, 0) is 14.9 Å². The fourth-order valence-corrected chi connectivity index (χ4v) is 3.71. The molecule has 1 N–H and O–H groups in total. The van der Waals surface area contributed by atoms with Crippen LogP contribution in [0.5, 0.6) is 0 Å². The maximum absolute atomic E-state index is 13.4. The number of nitrogens with zero attached hydrogens (tertiary/aromatic N) is 1. The van der Waals surface area contributed by atoms with Crippen molar-refractivity contribution >= 4 is 17.5 Å². The van der Waals surface area contributed by atoms with Gasteiger partial charge in [-0.2, -0.15) is 0 Å². The minimum absolute atomic E-state index is 0.0206. The Kier molecular flexibility index (Phi) is 4.34. The van der Waals surface area contributed by atoms with Crippen molar-refractivity contribution < 1.29 is 9.53 Å². The van der Waals surface area contributed by atoms with E-state index >= 15 is 0 Å². The van der Waals surface area contributed by atoms with Crippen molar-refractivity contribution in [3.63, 3.8) is 0 Å². The van der Waals surface area contributed by atoms with Gasteiger partial charge in [0.25, 0.3) is 0 Å². The maximum atomic E-state index is 13.4. The van der Waals surface area contributed by atoms with Crippen LogP contribution in [0.15, 0.2) is 71.7 Å². The van der Waals surface area contributed by atoms with E-state index in [0.29, 0.717) is 12.5 Å². The molecule has 2 aromatic rings. The Morgan fingerprint density at radius 3 is 2.48 bits per heavy atom. The van der Waals surface area contributed by atoms with Gasteiger partial charge in [0.05, 0.1) is 22.2 Å². The van der Waals surface area contributed by atoms with E-state index in [4.69, 9.17) is 4.74 Å². The van der Waals surface area contributed by atoms with Gasteiger partial charge in [0.15, 0.2) is 0 Å². The van der Waals surface area contributed by atoms with Crippen LogP contribution < -0.4 is 5.32 Å². The van der Waals surface area contributed by atoms with Gasteiger partial charge >= 0.3 is 0 Å². The molecule has 1 aliphatic heterocycles. The molecule has 2 aliphatic rings. The van der Waals surface area contributed by atoms with Crippen LogP contribution in [-0.4, -0.2) is 24.0 Å². The van der Waals surface area contributed by atoms with Crippen LogP contribution in [0.1, 0.15) is 37.8 Å². The zero-order valence-electron chi connectivity index (χ0n) is 15.7. The molecule has 0 saturated heterocycles. The SMILES string of the molecule is CC1(C)COC(c2ccccc2NC(=O)C2(c3ccccc3)C=CCC2)=N1. The van der Waals surface area contributed by atoms with Crippen LogP contribution in [0.25, 0.3) is 0 Å². The summed E-state index contributed by atoms with van der Waals surface area (Å²) in [5.41, 5.74) is 1.69. The summed E-state index contributed by atoms with van der Waals surface area (Å²) in [6.45, 7) is 4.62. The number of amides is 1. The predicted octanol–water partition coefficient (Wildman–Crippen LogP) is 4.47. The Labute approximate surface area is 160 Å². The topological polar surface area (TPSA) is 50.7 Å². The number of hydrogen-bond acceptors (Lipinski definition) is 3. The van der Waals surface area contributed by atoms with E-state index in [2.05, 4.69) is 16.4 Å². The molecule has 0 bridgehead atoms. The molecule has 1 amide bonds. The van der Waals surface area contributed by atoms with E-state index in [9.17, 15) is 4.79 Å². The van der Waals surface area contributed by atoms with Gasteiger partial charge in [-0.1, -0.05) is 54.6 Å². The summed E-state index contributed by atoms with van der Waals surface area (Å²) in [6, 6.07) is 17.7. The highest BCUT2D eigenvalue weighted by molar-refractivity contribution is 6.07. The molecule has 0 fully saturated rings. The number of aliphatic imine (C=N–C) groups is 1. The molecule has 0 spiro atoms. The van der Waals surface area contributed by atoms with Crippen molar-refractivity contribution in [2.45, 2.75) is 37.6 Å². The first-order valence-electron chi connectivity index (χ1n) is 9.37. The number of anilines is 1. The summed E-state index contributed by atoms with van der Waals surface area (Å²) in [7, 11) is 0. The molecule has 1 heterocycles. The van der Waals surface area contributed by atoms with E-state index in [1.165, 1.54) is 0 Å². The number of carbonyl (C=O) groups is 1. The van der Waals surface area contributed by atoms with Gasteiger partial charge in [-0.25, -0.2) is 4.99 Å². The zero-order valence-corrected chi connectivity index (χ0v) is 15.7. The zero-order chi connectivity index (χ0) is 18.9. The summed E-state index contributed by atoms with van der Waals surface area (Å²) < 4.78 is 5.80. The van der Waals surface area contributed by atoms with E-state index < -0.39 is 5.41 Å². The maximum Gasteiger partial charge on any atom is 0.238 e. The Balaban J connectivity index is 1.67. The van der Waals surface area contributed by atoms with Crippen LogP contribution in [0.3, 0.4) is 0 Å². The Bertz CT molecular complexity index is 915. The number of carbonyl (C=O) groups excluding carboxylic acids is 1. The first-order chi connectivity index (χ1) is 13.0. The van der Waals surface area contributed by atoms with E-state index in [-0.39, 0.29) is 11.4 Å². The minimum Gasteiger partial charge on any atom is -0.475 e. The standard InChI is InChI=1S/C23H24N2O2/c1-22(2)16-27-20(25-22)18-12-6-7-13-19(18)24-21(26)23(14-8-9-15-23)17-10-4-3-5-11-17/h3-8,10-14H,9,15-16H2,1-2H3,(H,24,26). The lowest BCUT2D eigenvalue weighted by Crippen LogP contribution is -2.37. The molecule has 27 heavy (non-hydrogen) atoms. The molecule has 4 heteroatoms. The van der Waals surface area contributed by atoms with Gasteiger partial charge in [0.1, 0.15) is 6.61 Å². The first-order valence-corrected chi connectivity index (χ1v) is 9.37. The van der Waals surface area contributed by atoms with Gasteiger partial charge < -0.3 is 10.1 Å². The molecule has 138 valence electrons. The van der Waals surface area contributed by atoms with Gasteiger partial charge in [0, 0.05) is 0 Å². The second-order valence-electron chi connectivity index (χ2n) is 7.80. The molecule has 4 nitrogen and oxygen atoms in total. The lowest BCUT2D eigenvalue weighted by Gasteiger charge is -2.27. The Morgan fingerprint density at radius 2 is 1.81 bits per heavy atom. The summed E-state index contributed by atoms with van der Waals surface area (Å²) >= 11 is 0. The van der Waals surface area contributed by atoms with Crippen molar-refractivity contribution in [1.29, 1.82) is 0 Å². The fraction of sp³-hybridized carbons (Fsp3) is 0.304. The molecule has 1 aliphatic carbocycles. The van der Waals surface area contributed by atoms with Crippen LogP contribution >= 0.6 is 0 Å². The number of ether oxygens (including phenoxy) is 1. The number of hydrogen-bond donors (Lipinski definition) is 1. The first kappa shape index (κ1) is 17.5. The average molecular weight is 360 g/mol. The molecule has 2 aromatic carbocycles. The number of para-hydroxylation sites is 1. The highest BCUT2D eigenvalue weighted by Gasteiger charge is 2.40. The van der Waals surface area contributed by atoms with Gasteiger partial charge in [0.2, 0.25) is 11.8 Å². The van der Waals surface area contributed by atoms with Crippen molar-refractivity contribution in [2.24, 2.45) is 4.99 Å². The second-order valence-corrected chi connectivity index (χ2v) is 7.80. The minimum atomic E-state index is -0.633. The molecule has 4 rings (SSSR count). The molecule has 1 unspecified atom stereocenters. The molecule has 0 saturated carbocycles. The van der Waals surface area contributed by atoms with Crippen LogP contribution in [0.4, 0.5) is 5.69 Å². The highest BCUT2D eigenvalue weighted by atomic mass is 16.5. The number of nitrogens with one attached hydrogen (secondary N) is 1. The predicted molar refractivity (Wildman–Crippen MR) is 108 cm³/mol. The lowest BCUT2D eigenvalue weighted by molar-refractivity contribution is -0.120. The van der Waals surface area contributed by atoms with E-state index in [1.54, 1.807) is 0 Å². The van der Waals surface area contributed by atoms with Crippen LogP contribution in [0, 0.1) is 0 Å². The van der Waals surface area contributed by atoms with Gasteiger partial charge in [-0.15, -0.1) is 0 Å². The van der Waals surface area contributed by atoms with E-state index in [0.717, 1.165) is 29.7 Å². The van der Waals surface area contributed by atoms with Crippen molar-refractivity contribution in [1.82, 2.24) is 0 Å². The van der Waals surface area contributed by atoms with Gasteiger partial charge in [-0.3, -0.25) is 4.79 Å². The second kappa shape index (κ2) is 6.69. The Morgan fingerprint density at radius 1 is 1.07 bits per heavy atom. The summed E-state index contributed by atoms with van der Waals surface area (Å²) in [5, 5.41) is 3.15. The van der Waals surface area contributed by atoms with E-state index in [1.807, 2.05) is 74.5 Å². The number of allylic oxidation sites excluding steroid dienone is 1. The monoisotopic (exact) mass is 360 g/mol. The average Bonchev–Trinajstić information content (AvgIpc) is 3.30. The largest absolute Gasteiger partial charge is 0.475 e. The molecule has 0 radical (unpaired) electrons. The fourth-order valence-electron chi connectivity index (χ4n) is 3.71. The Hall–Kier alpha value is -2.88. The van der Waals surface area contributed by atoms with Crippen molar-refractivity contribution in [3.05, 3.63) is 77.9 Å². The van der Waals surface area contributed by atoms with Crippen molar-refractivity contribution in [2.75, 3.05) is 11.9 Å². The number of benzene rings is 2. The molecule has 1 atom stereocenters. The third-order valence-corrected chi connectivity index (χ3v) is 5.17. The molecular formula is C23H24N2O2. The normalized spacial score (nSPS) is 23.0.